The monoisotopic (exact) mass is 366 g/mol. The number of hydrogen-bond acceptors (Lipinski definition) is 1. The molecule has 0 atom stereocenters. The van der Waals surface area contributed by atoms with Gasteiger partial charge in [0.2, 0.25) is 0 Å². The van der Waals surface area contributed by atoms with Crippen LogP contribution in [-0.4, -0.2) is 6.36 Å². The Morgan fingerprint density at radius 3 is 2.46 bits per heavy atom. The first-order chi connectivity index (χ1) is 12.5. The number of benzene rings is 1. The van der Waals surface area contributed by atoms with Crippen molar-refractivity contribution >= 4 is 5.57 Å². The van der Waals surface area contributed by atoms with E-state index in [0.717, 1.165) is 49.1 Å². The van der Waals surface area contributed by atoms with E-state index in [1.165, 1.54) is 43.7 Å². The molecule has 0 saturated heterocycles. The van der Waals surface area contributed by atoms with Crippen molar-refractivity contribution in [1.82, 2.24) is 0 Å². The molecular weight excluding hydrogens is 337 g/mol. The van der Waals surface area contributed by atoms with Crippen molar-refractivity contribution in [2.45, 2.75) is 83.4 Å². The number of alkyl halides is 3. The summed E-state index contributed by atoms with van der Waals surface area (Å²) in [5.41, 5.74) is 3.52. The molecule has 1 aromatic carbocycles. The van der Waals surface area contributed by atoms with E-state index in [-0.39, 0.29) is 5.75 Å². The van der Waals surface area contributed by atoms with Gasteiger partial charge in [0.15, 0.2) is 0 Å². The largest absolute Gasteiger partial charge is 0.573 e. The lowest BCUT2D eigenvalue weighted by Gasteiger charge is -2.31. The average molecular weight is 366 g/mol. The summed E-state index contributed by atoms with van der Waals surface area (Å²) in [5, 5.41) is 0. The van der Waals surface area contributed by atoms with Crippen LogP contribution in [-0.2, 0) is 0 Å². The third kappa shape index (κ3) is 5.05. The highest BCUT2D eigenvalue weighted by Gasteiger charge is 2.32. The van der Waals surface area contributed by atoms with Crippen LogP contribution in [0.1, 0.15) is 88.2 Å². The number of rotatable bonds is 5. The average Bonchev–Trinajstić information content (AvgIpc) is 2.62. The van der Waals surface area contributed by atoms with Gasteiger partial charge >= 0.3 is 6.36 Å². The molecule has 1 aromatic rings. The van der Waals surface area contributed by atoms with E-state index >= 15 is 0 Å². The smallest absolute Gasteiger partial charge is 0.406 e. The zero-order valence-corrected chi connectivity index (χ0v) is 15.6. The van der Waals surface area contributed by atoms with Crippen molar-refractivity contribution < 1.29 is 17.9 Å². The van der Waals surface area contributed by atoms with Gasteiger partial charge in [-0.15, -0.1) is 13.2 Å². The fourth-order valence-corrected chi connectivity index (χ4v) is 4.62. The summed E-state index contributed by atoms with van der Waals surface area (Å²) in [6, 6.07) is 4.99. The number of halogens is 3. The van der Waals surface area contributed by atoms with E-state index in [0.29, 0.717) is 5.92 Å². The summed E-state index contributed by atoms with van der Waals surface area (Å²) < 4.78 is 42.2. The molecule has 0 aromatic heterocycles. The Balaban J connectivity index is 1.86. The maximum Gasteiger partial charge on any atom is 0.573 e. The molecular formula is C22H29F3O. The molecule has 0 N–H and O–H groups in total. The minimum Gasteiger partial charge on any atom is -0.406 e. The maximum atomic E-state index is 12.7. The third-order valence-electron chi connectivity index (χ3n) is 5.88. The predicted molar refractivity (Wildman–Crippen MR) is 99.2 cm³/mol. The molecule has 1 saturated carbocycles. The molecule has 0 spiro atoms. The van der Waals surface area contributed by atoms with Crippen molar-refractivity contribution in [3.05, 3.63) is 35.4 Å². The van der Waals surface area contributed by atoms with E-state index in [1.54, 1.807) is 6.07 Å². The molecule has 2 aliphatic rings. The first kappa shape index (κ1) is 19.3. The number of allylic oxidation sites excluding steroid dienone is 2. The molecule has 4 heteroatoms. The standard InChI is InChI=1S/C22H29F3O/c1-2-6-16-9-11-18(12-10-16)21-15-19(26-22(23,24)25)13-14-20(21)17-7-4-3-5-8-17/h7,13-16,18H,2-6,8-12H2,1H3. The Morgan fingerprint density at radius 1 is 1.08 bits per heavy atom. The highest BCUT2D eigenvalue weighted by molar-refractivity contribution is 5.70. The lowest BCUT2D eigenvalue weighted by atomic mass is 9.75. The van der Waals surface area contributed by atoms with Crippen molar-refractivity contribution in [3.63, 3.8) is 0 Å². The summed E-state index contributed by atoms with van der Waals surface area (Å²) in [6.07, 6.45) is 9.08. The molecule has 1 nitrogen and oxygen atoms in total. The van der Waals surface area contributed by atoms with Crippen LogP contribution in [0.15, 0.2) is 24.3 Å². The lowest BCUT2D eigenvalue weighted by Crippen LogP contribution is -2.18. The van der Waals surface area contributed by atoms with Crippen LogP contribution in [0.4, 0.5) is 13.2 Å². The topological polar surface area (TPSA) is 9.23 Å². The van der Waals surface area contributed by atoms with E-state index in [4.69, 9.17) is 0 Å². The van der Waals surface area contributed by atoms with Gasteiger partial charge in [0, 0.05) is 0 Å². The molecule has 2 aliphatic carbocycles. The van der Waals surface area contributed by atoms with Gasteiger partial charge in [-0.05, 0) is 92.0 Å². The van der Waals surface area contributed by atoms with E-state index in [9.17, 15) is 13.2 Å². The minimum absolute atomic E-state index is 0.0802. The molecule has 0 radical (unpaired) electrons. The van der Waals surface area contributed by atoms with Crippen LogP contribution in [0.5, 0.6) is 5.75 Å². The summed E-state index contributed by atoms with van der Waals surface area (Å²) in [4.78, 5) is 0. The molecule has 1 fully saturated rings. The zero-order chi connectivity index (χ0) is 18.6. The normalized spacial score (nSPS) is 24.2. The van der Waals surface area contributed by atoms with Gasteiger partial charge in [-0.3, -0.25) is 0 Å². The van der Waals surface area contributed by atoms with Gasteiger partial charge in [-0.1, -0.05) is 31.9 Å². The second-order valence-electron chi connectivity index (χ2n) is 7.78. The summed E-state index contributed by atoms with van der Waals surface area (Å²) in [5.74, 6) is 1.05. The van der Waals surface area contributed by atoms with Crippen LogP contribution >= 0.6 is 0 Å². The van der Waals surface area contributed by atoms with Crippen molar-refractivity contribution in [3.8, 4) is 5.75 Å². The molecule has 0 unspecified atom stereocenters. The fraction of sp³-hybridized carbons (Fsp3) is 0.636. The van der Waals surface area contributed by atoms with E-state index < -0.39 is 6.36 Å². The Labute approximate surface area is 154 Å². The van der Waals surface area contributed by atoms with Gasteiger partial charge in [0.05, 0.1) is 0 Å². The predicted octanol–water partition coefficient (Wildman–Crippen LogP) is 7.62. The number of ether oxygens (including phenoxy) is 1. The second kappa shape index (κ2) is 8.49. The maximum absolute atomic E-state index is 12.7. The van der Waals surface area contributed by atoms with E-state index in [2.05, 4.69) is 17.7 Å². The van der Waals surface area contributed by atoms with E-state index in [1.807, 2.05) is 6.07 Å². The Kier molecular flexibility index (Phi) is 6.31. The van der Waals surface area contributed by atoms with Crippen LogP contribution in [0, 0.1) is 5.92 Å². The highest BCUT2D eigenvalue weighted by Crippen LogP contribution is 2.43. The molecule has 0 bridgehead atoms. The minimum atomic E-state index is -4.64. The lowest BCUT2D eigenvalue weighted by molar-refractivity contribution is -0.274. The molecule has 3 rings (SSSR count). The molecule has 26 heavy (non-hydrogen) atoms. The SMILES string of the molecule is CCCC1CCC(c2cc(OC(F)(F)F)ccc2C2=CCCCC2)CC1. The van der Waals surface area contributed by atoms with Crippen LogP contribution in [0.3, 0.4) is 0 Å². The molecule has 0 amide bonds. The van der Waals surface area contributed by atoms with Crippen LogP contribution < -0.4 is 4.74 Å². The molecule has 0 heterocycles. The molecule has 144 valence electrons. The van der Waals surface area contributed by atoms with Crippen molar-refractivity contribution in [2.24, 2.45) is 5.92 Å². The first-order valence-electron chi connectivity index (χ1n) is 10.1. The summed E-state index contributed by atoms with van der Waals surface area (Å²) in [7, 11) is 0. The van der Waals surface area contributed by atoms with Gasteiger partial charge in [-0.2, -0.15) is 0 Å². The Morgan fingerprint density at radius 2 is 1.85 bits per heavy atom. The van der Waals surface area contributed by atoms with Gasteiger partial charge < -0.3 is 4.74 Å². The molecule has 0 aliphatic heterocycles. The van der Waals surface area contributed by atoms with Gasteiger partial charge in [0.25, 0.3) is 0 Å². The van der Waals surface area contributed by atoms with Crippen LogP contribution in [0.2, 0.25) is 0 Å². The van der Waals surface area contributed by atoms with Gasteiger partial charge in [0.1, 0.15) is 5.75 Å². The quantitative estimate of drug-likeness (QED) is 0.521. The van der Waals surface area contributed by atoms with Crippen molar-refractivity contribution in [2.75, 3.05) is 0 Å². The second-order valence-corrected chi connectivity index (χ2v) is 7.78. The Hall–Kier alpha value is -1.45. The summed E-state index contributed by atoms with van der Waals surface area (Å²) >= 11 is 0. The first-order valence-corrected chi connectivity index (χ1v) is 10.1. The third-order valence-corrected chi connectivity index (χ3v) is 5.88. The Bertz CT molecular complexity index is 625. The fourth-order valence-electron chi connectivity index (χ4n) is 4.62. The highest BCUT2D eigenvalue weighted by atomic mass is 19.4. The van der Waals surface area contributed by atoms with Crippen LogP contribution in [0.25, 0.3) is 5.57 Å². The van der Waals surface area contributed by atoms with Gasteiger partial charge in [-0.25, -0.2) is 0 Å². The zero-order valence-electron chi connectivity index (χ0n) is 15.6. The summed E-state index contributed by atoms with van der Waals surface area (Å²) in [6.45, 7) is 2.22. The van der Waals surface area contributed by atoms with Crippen molar-refractivity contribution in [1.29, 1.82) is 0 Å². The number of hydrogen-bond donors (Lipinski definition) is 0.